The average Bonchev–Trinajstić information content (AvgIpc) is 2.31. The van der Waals surface area contributed by atoms with Crippen LogP contribution in [0.5, 0.6) is 0 Å². The minimum atomic E-state index is 0.627. The maximum Gasteiger partial charge on any atom is 0.187 e. The molecule has 1 fully saturated rings. The highest BCUT2D eigenvalue weighted by Crippen LogP contribution is 2.13. The number of hydrogen-bond donors (Lipinski definition) is 1. The van der Waals surface area contributed by atoms with Crippen molar-refractivity contribution in [2.45, 2.75) is 36.9 Å². The molecule has 0 saturated carbocycles. The van der Waals surface area contributed by atoms with Gasteiger partial charge in [-0.1, -0.05) is 18.2 Å². The Morgan fingerprint density at radius 2 is 2.20 bits per heavy atom. The van der Waals surface area contributed by atoms with Crippen LogP contribution in [0.1, 0.15) is 24.8 Å². The summed E-state index contributed by atoms with van der Waals surface area (Å²) in [5.41, 5.74) is 1.24. The smallest absolute Gasteiger partial charge is 0.187 e. The number of hydrogen-bond acceptors (Lipinski definition) is 4. The molecule has 82 valence electrons. The summed E-state index contributed by atoms with van der Waals surface area (Å²) in [7, 11) is 0. The van der Waals surface area contributed by atoms with Crippen molar-refractivity contribution in [3.05, 3.63) is 18.0 Å². The maximum absolute atomic E-state index is 4.29. The van der Waals surface area contributed by atoms with Crippen molar-refractivity contribution in [3.63, 3.8) is 0 Å². The third-order valence-corrected chi connectivity index (χ3v) is 3.33. The van der Waals surface area contributed by atoms with Gasteiger partial charge in [-0.25, -0.2) is 9.97 Å². The first-order valence-electron chi connectivity index (χ1n) is 5.47. The van der Waals surface area contributed by atoms with E-state index >= 15 is 0 Å². The van der Waals surface area contributed by atoms with E-state index in [4.69, 9.17) is 0 Å². The zero-order valence-corrected chi connectivity index (χ0v) is 9.89. The minimum absolute atomic E-state index is 0.627. The molecule has 2 rings (SSSR count). The van der Waals surface area contributed by atoms with E-state index in [0.29, 0.717) is 6.04 Å². The van der Waals surface area contributed by atoms with Crippen molar-refractivity contribution in [1.29, 1.82) is 0 Å². The van der Waals surface area contributed by atoms with Gasteiger partial charge < -0.3 is 5.32 Å². The second-order valence-corrected chi connectivity index (χ2v) is 4.70. The van der Waals surface area contributed by atoms with Crippen molar-refractivity contribution < 1.29 is 0 Å². The second kappa shape index (κ2) is 5.47. The Hall–Kier alpha value is -0.610. The van der Waals surface area contributed by atoms with Gasteiger partial charge in [-0.2, -0.15) is 0 Å². The normalized spacial score (nSPS) is 21.5. The molecule has 0 radical (unpaired) electrons. The van der Waals surface area contributed by atoms with E-state index in [9.17, 15) is 0 Å². The van der Waals surface area contributed by atoms with Crippen LogP contribution in [0.4, 0.5) is 0 Å². The lowest BCUT2D eigenvalue weighted by molar-refractivity contribution is 0.398. The second-order valence-electron chi connectivity index (χ2n) is 3.93. The summed E-state index contributed by atoms with van der Waals surface area (Å²) < 4.78 is 0. The summed E-state index contributed by atoms with van der Waals surface area (Å²) in [5, 5.41) is 4.39. The van der Waals surface area contributed by atoms with Gasteiger partial charge in [-0.05, 0) is 37.6 Å². The number of thioether (sulfide) groups is 1. The van der Waals surface area contributed by atoms with E-state index in [1.54, 1.807) is 11.8 Å². The zero-order valence-electron chi connectivity index (χ0n) is 9.07. The molecule has 1 aromatic rings. The van der Waals surface area contributed by atoms with Gasteiger partial charge in [0.15, 0.2) is 5.16 Å². The van der Waals surface area contributed by atoms with E-state index in [1.807, 2.05) is 18.6 Å². The van der Waals surface area contributed by atoms with Crippen LogP contribution < -0.4 is 5.32 Å². The van der Waals surface area contributed by atoms with Gasteiger partial charge in [0.05, 0.1) is 0 Å². The van der Waals surface area contributed by atoms with Gasteiger partial charge >= 0.3 is 0 Å². The number of rotatable bonds is 3. The fourth-order valence-electron chi connectivity index (χ4n) is 1.94. The standard InChI is InChI=1S/C11H17N3S/c1-15-11-13-7-9(8-14-11)6-10-4-2-3-5-12-10/h7-8,10,12H,2-6H2,1H3. The van der Waals surface area contributed by atoms with Gasteiger partial charge in [0, 0.05) is 18.4 Å². The monoisotopic (exact) mass is 223 g/mol. The molecule has 1 unspecified atom stereocenters. The summed E-state index contributed by atoms with van der Waals surface area (Å²) in [6.07, 6.45) is 10.9. The maximum atomic E-state index is 4.29. The molecular formula is C11H17N3S. The Kier molecular flexibility index (Phi) is 3.97. The van der Waals surface area contributed by atoms with E-state index in [-0.39, 0.29) is 0 Å². The van der Waals surface area contributed by atoms with Gasteiger partial charge in [0.1, 0.15) is 0 Å². The van der Waals surface area contributed by atoms with Crippen LogP contribution in [-0.4, -0.2) is 28.8 Å². The van der Waals surface area contributed by atoms with Crippen molar-refractivity contribution >= 4 is 11.8 Å². The van der Waals surface area contributed by atoms with Crippen molar-refractivity contribution in [1.82, 2.24) is 15.3 Å². The van der Waals surface area contributed by atoms with E-state index in [1.165, 1.54) is 24.8 Å². The summed E-state index contributed by atoms with van der Waals surface area (Å²) in [6, 6.07) is 0.627. The number of aromatic nitrogens is 2. The molecule has 0 amide bonds. The van der Waals surface area contributed by atoms with Crippen LogP contribution in [0.15, 0.2) is 17.6 Å². The third-order valence-electron chi connectivity index (χ3n) is 2.76. The van der Waals surface area contributed by atoms with Crippen molar-refractivity contribution in [2.24, 2.45) is 0 Å². The Balaban J connectivity index is 1.91. The average molecular weight is 223 g/mol. The highest BCUT2D eigenvalue weighted by molar-refractivity contribution is 7.98. The van der Waals surface area contributed by atoms with E-state index < -0.39 is 0 Å². The molecule has 15 heavy (non-hydrogen) atoms. The predicted molar refractivity (Wildman–Crippen MR) is 63.2 cm³/mol. The molecule has 1 aliphatic rings. The quantitative estimate of drug-likeness (QED) is 0.627. The number of piperidine rings is 1. The van der Waals surface area contributed by atoms with Crippen molar-refractivity contribution in [3.8, 4) is 0 Å². The van der Waals surface area contributed by atoms with Gasteiger partial charge in [0.2, 0.25) is 0 Å². The van der Waals surface area contributed by atoms with Gasteiger partial charge in [-0.3, -0.25) is 0 Å². The molecule has 1 aromatic heterocycles. The fraction of sp³-hybridized carbons (Fsp3) is 0.636. The molecule has 1 saturated heterocycles. The van der Waals surface area contributed by atoms with Gasteiger partial charge in [-0.15, -0.1) is 0 Å². The fourth-order valence-corrected chi connectivity index (χ4v) is 2.25. The Morgan fingerprint density at radius 3 is 2.80 bits per heavy atom. The zero-order chi connectivity index (χ0) is 10.5. The topological polar surface area (TPSA) is 37.8 Å². The first-order chi connectivity index (χ1) is 7.38. The first-order valence-corrected chi connectivity index (χ1v) is 6.69. The lowest BCUT2D eigenvalue weighted by Gasteiger charge is -2.23. The molecule has 0 bridgehead atoms. The molecule has 0 aliphatic carbocycles. The Morgan fingerprint density at radius 1 is 1.40 bits per heavy atom. The van der Waals surface area contributed by atoms with E-state index in [2.05, 4.69) is 15.3 Å². The lowest BCUT2D eigenvalue weighted by atomic mass is 9.99. The van der Waals surface area contributed by atoms with Crippen LogP contribution in [0.3, 0.4) is 0 Å². The molecule has 1 atom stereocenters. The summed E-state index contributed by atoms with van der Waals surface area (Å²) in [4.78, 5) is 8.57. The molecular weight excluding hydrogens is 206 g/mol. The van der Waals surface area contributed by atoms with E-state index in [0.717, 1.165) is 18.1 Å². The third kappa shape index (κ3) is 3.18. The van der Waals surface area contributed by atoms with Crippen LogP contribution in [0.25, 0.3) is 0 Å². The minimum Gasteiger partial charge on any atom is -0.314 e. The molecule has 4 heteroatoms. The highest BCUT2D eigenvalue weighted by atomic mass is 32.2. The van der Waals surface area contributed by atoms with Gasteiger partial charge in [0.25, 0.3) is 0 Å². The molecule has 1 aliphatic heterocycles. The molecule has 2 heterocycles. The van der Waals surface area contributed by atoms with Crippen LogP contribution >= 0.6 is 11.8 Å². The van der Waals surface area contributed by atoms with Crippen LogP contribution in [0.2, 0.25) is 0 Å². The number of nitrogens with one attached hydrogen (secondary N) is 1. The molecule has 3 nitrogen and oxygen atoms in total. The largest absolute Gasteiger partial charge is 0.314 e. The van der Waals surface area contributed by atoms with Crippen molar-refractivity contribution in [2.75, 3.05) is 12.8 Å². The first kappa shape index (κ1) is 10.9. The van der Waals surface area contributed by atoms with Crippen LogP contribution in [0, 0.1) is 0 Å². The summed E-state index contributed by atoms with van der Waals surface area (Å²) in [5.74, 6) is 0. The molecule has 0 spiro atoms. The van der Waals surface area contributed by atoms with Crippen LogP contribution in [-0.2, 0) is 6.42 Å². The predicted octanol–water partition coefficient (Wildman–Crippen LogP) is 1.88. The lowest BCUT2D eigenvalue weighted by Crippen LogP contribution is -2.35. The number of nitrogens with zero attached hydrogens (tertiary/aromatic N) is 2. The Bertz CT molecular complexity index is 293. The molecule has 0 aromatic carbocycles. The summed E-state index contributed by atoms with van der Waals surface area (Å²) in [6.45, 7) is 1.16. The Labute approximate surface area is 95.1 Å². The summed E-state index contributed by atoms with van der Waals surface area (Å²) >= 11 is 1.59. The molecule has 1 N–H and O–H groups in total. The highest BCUT2D eigenvalue weighted by Gasteiger charge is 2.13. The SMILES string of the molecule is CSc1ncc(CC2CCCCN2)cn1.